The largest absolute Gasteiger partial charge is 1.00 e. The number of pyridine rings is 1. The summed E-state index contributed by atoms with van der Waals surface area (Å²) in [5.74, 6) is 0.208. The Balaban J connectivity index is 0.00000337. The van der Waals surface area contributed by atoms with Crippen LogP contribution in [0.25, 0.3) is 28.1 Å². The number of benzene rings is 3. The van der Waals surface area contributed by atoms with Crippen molar-refractivity contribution in [2.24, 2.45) is 10.8 Å². The molecule has 0 saturated carbocycles. The van der Waals surface area contributed by atoms with E-state index in [0.29, 0.717) is 24.0 Å². The molecule has 0 saturated heterocycles. The van der Waals surface area contributed by atoms with Crippen LogP contribution in [0.3, 0.4) is 0 Å². The van der Waals surface area contributed by atoms with E-state index < -0.39 is 0 Å². The second-order valence-corrected chi connectivity index (χ2v) is 13.1. The van der Waals surface area contributed by atoms with Crippen molar-refractivity contribution in [1.82, 2.24) is 0 Å². The number of Topliss-reactive ketones (excluding diaryl/α,β-unsaturated/α-hetero) is 2. The van der Waals surface area contributed by atoms with Crippen molar-refractivity contribution in [3.63, 3.8) is 0 Å². The number of halogens is 1. The molecule has 4 nitrogen and oxygen atoms in total. The third kappa shape index (κ3) is 4.99. The Kier molecular flexibility index (Phi) is 7.19. The molecule has 0 fully saturated rings. The molecular weight excluding hydrogens is 528 g/mol. The van der Waals surface area contributed by atoms with Crippen molar-refractivity contribution in [3.8, 4) is 5.69 Å². The van der Waals surface area contributed by atoms with Gasteiger partial charge in [-0.1, -0.05) is 70.2 Å². The molecule has 1 heterocycles. The highest BCUT2D eigenvalue weighted by atomic mass is 35.5. The van der Waals surface area contributed by atoms with E-state index in [1.54, 1.807) is 0 Å². The maximum Gasteiger partial charge on any atom is 0.226 e. The van der Waals surface area contributed by atoms with Gasteiger partial charge in [0.1, 0.15) is 0 Å². The molecule has 41 heavy (non-hydrogen) atoms. The van der Waals surface area contributed by atoms with Gasteiger partial charge in [0.2, 0.25) is 11.4 Å². The van der Waals surface area contributed by atoms with Gasteiger partial charge in [-0.05, 0) is 46.7 Å². The van der Waals surface area contributed by atoms with Crippen molar-refractivity contribution in [1.29, 1.82) is 0 Å². The topological polar surface area (TPSA) is 41.3 Å². The van der Waals surface area contributed by atoms with Crippen LogP contribution >= 0.6 is 0 Å². The zero-order valence-electron chi connectivity index (χ0n) is 24.7. The summed E-state index contributed by atoms with van der Waals surface area (Å²) < 4.78 is 2.27. The number of nitrogens with zero attached hydrogens (tertiary/aromatic N) is 2. The third-order valence-corrected chi connectivity index (χ3v) is 8.55. The fourth-order valence-electron chi connectivity index (χ4n) is 6.49. The van der Waals surface area contributed by atoms with Gasteiger partial charge in [-0.25, -0.2) is 0 Å². The van der Waals surface area contributed by atoms with Crippen LogP contribution in [0.2, 0.25) is 0 Å². The monoisotopic (exact) mass is 564 g/mol. The first-order valence-electron chi connectivity index (χ1n) is 14.1. The summed E-state index contributed by atoms with van der Waals surface area (Å²) in [6, 6.07) is 25.1. The van der Waals surface area contributed by atoms with Gasteiger partial charge in [0.05, 0.1) is 16.5 Å². The Morgan fingerprint density at radius 2 is 1.44 bits per heavy atom. The smallest absolute Gasteiger partial charge is 0.226 e. The lowest BCUT2D eigenvalue weighted by Gasteiger charge is -2.34. The second-order valence-electron chi connectivity index (χ2n) is 13.1. The molecule has 0 aliphatic heterocycles. The van der Waals surface area contributed by atoms with Crippen molar-refractivity contribution in [2.75, 3.05) is 19.0 Å². The lowest BCUT2D eigenvalue weighted by molar-refractivity contribution is -0.607. The second kappa shape index (κ2) is 10.3. The minimum Gasteiger partial charge on any atom is -1.00 e. The minimum absolute atomic E-state index is 0. The van der Waals surface area contributed by atoms with Crippen LogP contribution < -0.4 is 21.9 Å². The molecule has 0 amide bonds. The van der Waals surface area contributed by atoms with Crippen LogP contribution in [0.5, 0.6) is 0 Å². The van der Waals surface area contributed by atoms with Crippen LogP contribution in [0.1, 0.15) is 78.2 Å². The summed E-state index contributed by atoms with van der Waals surface area (Å²) in [5.41, 5.74) is 7.04. The van der Waals surface area contributed by atoms with E-state index in [0.717, 1.165) is 51.1 Å². The van der Waals surface area contributed by atoms with E-state index >= 15 is 0 Å². The molecule has 0 unspecified atom stereocenters. The number of rotatable bonds is 3. The van der Waals surface area contributed by atoms with Gasteiger partial charge in [-0.15, -0.1) is 0 Å². The predicted molar refractivity (Wildman–Crippen MR) is 163 cm³/mol. The first kappa shape index (κ1) is 28.8. The Morgan fingerprint density at radius 1 is 0.780 bits per heavy atom. The first-order valence-corrected chi connectivity index (χ1v) is 14.1. The fraction of sp³-hybridized carbons (Fsp3) is 0.306. The zero-order valence-corrected chi connectivity index (χ0v) is 25.5. The highest BCUT2D eigenvalue weighted by Gasteiger charge is 2.47. The van der Waals surface area contributed by atoms with Crippen molar-refractivity contribution >= 4 is 39.7 Å². The van der Waals surface area contributed by atoms with Crippen LogP contribution in [0, 0.1) is 10.8 Å². The molecule has 2 aliphatic carbocycles. The Hall–Kier alpha value is -3.76. The number of anilines is 1. The van der Waals surface area contributed by atoms with E-state index in [2.05, 4.69) is 110 Å². The lowest BCUT2D eigenvalue weighted by atomic mass is 9.69. The molecule has 5 heteroatoms. The molecule has 210 valence electrons. The zero-order chi connectivity index (χ0) is 28.4. The number of hydrogen-bond acceptors (Lipinski definition) is 3. The van der Waals surface area contributed by atoms with E-state index in [4.69, 9.17) is 0 Å². The number of aromatic nitrogens is 1. The molecule has 0 radical (unpaired) electrons. The third-order valence-electron chi connectivity index (χ3n) is 8.55. The molecule has 0 spiro atoms. The average Bonchev–Trinajstić information content (AvgIpc) is 2.89. The number of allylic oxidation sites excluding steroid dienone is 1. The summed E-state index contributed by atoms with van der Waals surface area (Å²) >= 11 is 0. The summed E-state index contributed by atoms with van der Waals surface area (Å²) in [6.07, 6.45) is 3.88. The molecule has 6 rings (SSSR count). The molecule has 2 aliphatic rings. The fourth-order valence-corrected chi connectivity index (χ4v) is 6.49. The van der Waals surface area contributed by atoms with Gasteiger partial charge in [0, 0.05) is 56.1 Å². The van der Waals surface area contributed by atoms with Crippen LogP contribution in [-0.2, 0) is 6.42 Å². The van der Waals surface area contributed by atoms with E-state index in [-0.39, 0.29) is 34.8 Å². The standard InChI is InChI=1S/C36H37N2O2.ClH/c1-35(2)20-31-27(32(39)21-35)19-28-33(40)22-36(3,4)29(18-23-14-16-25(17-15-23)37(5)6)34(28)38(31)30-13-9-11-24-10-7-8-12-26(24)30;/h7-19H,20-22H2,1-6H3;1H/q+1;/p-1. The SMILES string of the molecule is CN(C)c1ccc(/C=C2/c3c(cc4c([n+]3-c3cccc5ccccc35)CC(C)(C)CC4=O)C(=O)CC2(C)C)cc1.[Cl-]. The molecule has 0 N–H and O–H groups in total. The van der Waals surface area contributed by atoms with Crippen molar-refractivity contribution < 1.29 is 26.6 Å². The first-order chi connectivity index (χ1) is 18.9. The van der Waals surface area contributed by atoms with E-state index in [9.17, 15) is 9.59 Å². The van der Waals surface area contributed by atoms with Gasteiger partial charge in [0.15, 0.2) is 17.3 Å². The Bertz CT molecular complexity index is 1720. The van der Waals surface area contributed by atoms with Crippen LogP contribution in [0.15, 0.2) is 72.8 Å². The van der Waals surface area contributed by atoms with Gasteiger partial charge < -0.3 is 17.3 Å². The van der Waals surface area contributed by atoms with Gasteiger partial charge in [-0.2, -0.15) is 4.57 Å². The van der Waals surface area contributed by atoms with Gasteiger partial charge in [0.25, 0.3) is 0 Å². The average molecular weight is 565 g/mol. The van der Waals surface area contributed by atoms with Crippen molar-refractivity contribution in [3.05, 3.63) is 101 Å². The summed E-state index contributed by atoms with van der Waals surface area (Å²) in [5, 5.41) is 2.23. The summed E-state index contributed by atoms with van der Waals surface area (Å²) in [7, 11) is 4.08. The quantitative estimate of drug-likeness (QED) is 0.344. The molecule has 1 aromatic heterocycles. The summed E-state index contributed by atoms with van der Waals surface area (Å²) in [6.45, 7) is 8.66. The number of fused-ring (bicyclic) bond motifs is 3. The van der Waals surface area contributed by atoms with Crippen LogP contribution in [-0.4, -0.2) is 25.7 Å². The maximum absolute atomic E-state index is 13.8. The van der Waals surface area contributed by atoms with E-state index in [1.807, 2.05) is 20.2 Å². The molecule has 3 aromatic carbocycles. The minimum atomic E-state index is -0.390. The van der Waals surface area contributed by atoms with Crippen LogP contribution in [0.4, 0.5) is 5.69 Å². The maximum atomic E-state index is 13.8. The molecule has 0 bridgehead atoms. The number of carbonyl (C=O) groups is 2. The number of hydrogen-bond donors (Lipinski definition) is 0. The highest BCUT2D eigenvalue weighted by molar-refractivity contribution is 6.09. The van der Waals surface area contributed by atoms with E-state index in [1.165, 1.54) is 0 Å². The van der Waals surface area contributed by atoms with Gasteiger partial charge in [-0.3, -0.25) is 9.59 Å². The highest BCUT2D eigenvalue weighted by Crippen LogP contribution is 2.46. The lowest BCUT2D eigenvalue weighted by Crippen LogP contribution is -3.00. The molecule has 0 atom stereocenters. The Labute approximate surface area is 249 Å². The summed E-state index contributed by atoms with van der Waals surface area (Å²) in [4.78, 5) is 29.5. The number of carbonyl (C=O) groups excluding carboxylic acids is 2. The van der Waals surface area contributed by atoms with Gasteiger partial charge >= 0.3 is 0 Å². The molecular formula is C36H37ClN2O2. The number of ketones is 2. The normalized spacial score (nSPS) is 18.0. The van der Waals surface area contributed by atoms with Crippen molar-refractivity contribution in [2.45, 2.75) is 47.0 Å². The molecule has 4 aromatic rings. The Morgan fingerprint density at radius 3 is 2.15 bits per heavy atom. The predicted octanol–water partition coefficient (Wildman–Crippen LogP) is 4.49.